The second kappa shape index (κ2) is 11.5. The summed E-state index contributed by atoms with van der Waals surface area (Å²) in [6, 6.07) is 32.6. The predicted octanol–water partition coefficient (Wildman–Crippen LogP) is 5.58. The monoisotopic (exact) mass is 376 g/mol. The highest BCUT2D eigenvalue weighted by Gasteiger charge is 2.14. The van der Waals surface area contributed by atoms with E-state index >= 15 is 0 Å². The first-order valence-electron chi connectivity index (χ1n) is 9.31. The molecule has 1 unspecified atom stereocenters. The lowest BCUT2D eigenvalue weighted by molar-refractivity contribution is -0.482. The molecule has 0 amide bonds. The van der Waals surface area contributed by atoms with Crippen LogP contribution in [0.15, 0.2) is 91.0 Å². The van der Waals surface area contributed by atoms with Gasteiger partial charge in [0.05, 0.1) is 0 Å². The smallest absolute Gasteiger partial charge is 0.0291 e. The topological polar surface area (TPSA) is 85.0 Å². The second-order valence-corrected chi connectivity index (χ2v) is 6.51. The molecule has 2 N–H and O–H groups in total. The van der Waals surface area contributed by atoms with Gasteiger partial charge in [-0.2, -0.15) is 0 Å². The summed E-state index contributed by atoms with van der Waals surface area (Å²) in [5.74, 6) is 0.433. The third-order valence-corrected chi connectivity index (χ3v) is 4.59. The van der Waals surface area contributed by atoms with Gasteiger partial charge in [-0.25, -0.2) is 0 Å². The number of hydrogen-bond acceptors (Lipinski definition) is 4. The molecule has 5 nitrogen and oxygen atoms in total. The van der Waals surface area contributed by atoms with Gasteiger partial charge in [-0.1, -0.05) is 96.0 Å². The fourth-order valence-corrected chi connectivity index (χ4v) is 3.20. The van der Waals surface area contributed by atoms with Crippen molar-refractivity contribution < 1.29 is 5.02 Å². The average molecular weight is 376 g/mol. The summed E-state index contributed by atoms with van der Waals surface area (Å²) in [5, 5.41) is 19.4. The van der Waals surface area contributed by atoms with Gasteiger partial charge >= 0.3 is 0 Å². The number of hydrogen-bond donors (Lipinski definition) is 2. The zero-order valence-electron chi connectivity index (χ0n) is 16.0. The molecule has 0 saturated carbocycles. The van der Waals surface area contributed by atoms with E-state index < -0.39 is 5.02 Å². The minimum Gasteiger partial charge on any atom is -0.588 e. The molecular formula is C23H26N3O2-. The molecule has 0 saturated heterocycles. The van der Waals surface area contributed by atoms with Crippen LogP contribution in [0.25, 0.3) is 0 Å². The van der Waals surface area contributed by atoms with Gasteiger partial charge in [0.2, 0.25) is 0 Å². The number of benzene rings is 3. The van der Waals surface area contributed by atoms with Crippen molar-refractivity contribution in [2.24, 2.45) is 0 Å². The Bertz CT molecular complexity index is 768. The minimum atomic E-state index is -1.25. The van der Waals surface area contributed by atoms with E-state index in [0.717, 1.165) is 13.0 Å². The van der Waals surface area contributed by atoms with Crippen molar-refractivity contribution in [3.8, 4) is 0 Å². The molecule has 146 valence electrons. The molecule has 1 atom stereocenters. The van der Waals surface area contributed by atoms with Gasteiger partial charge in [0.1, 0.15) is 0 Å². The van der Waals surface area contributed by atoms with E-state index in [1.165, 1.54) is 16.7 Å². The van der Waals surface area contributed by atoms with E-state index in [1.54, 1.807) is 0 Å². The van der Waals surface area contributed by atoms with Gasteiger partial charge in [-0.05, 0) is 42.1 Å². The van der Waals surface area contributed by atoms with E-state index in [0.29, 0.717) is 12.0 Å². The van der Waals surface area contributed by atoms with Crippen LogP contribution in [0.3, 0.4) is 0 Å². The fourth-order valence-electron chi connectivity index (χ4n) is 3.20. The van der Waals surface area contributed by atoms with Crippen molar-refractivity contribution in [1.82, 2.24) is 5.32 Å². The Labute approximate surface area is 166 Å². The lowest BCUT2D eigenvalue weighted by atomic mass is 9.88. The van der Waals surface area contributed by atoms with E-state index in [2.05, 4.69) is 103 Å². The maximum Gasteiger partial charge on any atom is 0.0291 e. The molecule has 0 heterocycles. The van der Waals surface area contributed by atoms with Crippen molar-refractivity contribution in [3.63, 3.8) is 0 Å². The molecule has 3 aromatic carbocycles. The van der Waals surface area contributed by atoms with E-state index in [-0.39, 0.29) is 0 Å². The molecule has 0 aliphatic heterocycles. The van der Waals surface area contributed by atoms with Crippen molar-refractivity contribution in [2.45, 2.75) is 25.3 Å². The van der Waals surface area contributed by atoms with Crippen LogP contribution in [0.5, 0.6) is 0 Å². The Morgan fingerprint density at radius 1 is 0.750 bits per heavy atom. The van der Waals surface area contributed by atoms with E-state index in [9.17, 15) is 0 Å². The SMILES string of the molecule is CC(NCCC(c1ccccc1)c1ccccc1)c1ccccc1.N=[N+]([O-])[O-]. The predicted molar refractivity (Wildman–Crippen MR) is 112 cm³/mol. The highest BCUT2D eigenvalue weighted by Crippen LogP contribution is 2.27. The van der Waals surface area contributed by atoms with E-state index in [1.807, 2.05) is 0 Å². The Morgan fingerprint density at radius 3 is 1.50 bits per heavy atom. The highest BCUT2D eigenvalue weighted by molar-refractivity contribution is 5.32. The van der Waals surface area contributed by atoms with Crippen LogP contribution in [0.1, 0.15) is 42.0 Å². The molecule has 0 fully saturated rings. The van der Waals surface area contributed by atoms with Crippen LogP contribution in [-0.2, 0) is 0 Å². The van der Waals surface area contributed by atoms with Crippen molar-refractivity contribution in [2.75, 3.05) is 6.54 Å². The first-order valence-corrected chi connectivity index (χ1v) is 9.31. The number of rotatable bonds is 7. The Kier molecular flexibility index (Phi) is 8.69. The molecule has 3 aromatic rings. The summed E-state index contributed by atoms with van der Waals surface area (Å²) in [6.07, 6.45) is 1.09. The standard InChI is InChI=1S/C23H25N.HN2O2/c1-19(20-11-5-2-6-12-20)24-18-17-23(21-13-7-3-8-14-21)22-15-9-4-10-16-22;1-2(3)4/h2-16,19,23-24H,17-18H2,1H3;(H-,1,3,4)/q;-1. The van der Waals surface area contributed by atoms with Gasteiger partial charge in [0.25, 0.3) is 0 Å². The first-order chi connectivity index (χ1) is 13.6. The third-order valence-electron chi connectivity index (χ3n) is 4.59. The fraction of sp³-hybridized carbons (Fsp3) is 0.217. The Morgan fingerprint density at radius 2 is 1.11 bits per heavy atom. The zero-order valence-corrected chi connectivity index (χ0v) is 16.0. The second-order valence-electron chi connectivity index (χ2n) is 6.51. The summed E-state index contributed by atoms with van der Waals surface area (Å²) >= 11 is 0. The van der Waals surface area contributed by atoms with Crippen LogP contribution in [0.4, 0.5) is 0 Å². The van der Waals surface area contributed by atoms with Crippen molar-refractivity contribution in [1.29, 1.82) is 5.53 Å². The summed E-state index contributed by atoms with van der Waals surface area (Å²) in [7, 11) is 0. The summed E-state index contributed by atoms with van der Waals surface area (Å²) in [5.41, 5.74) is 9.42. The number of nitrogens with one attached hydrogen (secondary N) is 2. The quantitative estimate of drug-likeness (QED) is 0.417. The lowest BCUT2D eigenvalue weighted by Crippen LogP contribution is -2.21. The van der Waals surface area contributed by atoms with Gasteiger partial charge in [0.15, 0.2) is 0 Å². The van der Waals surface area contributed by atoms with Crippen LogP contribution in [-0.4, -0.2) is 11.6 Å². The van der Waals surface area contributed by atoms with E-state index in [4.69, 9.17) is 15.9 Å². The molecule has 0 bridgehead atoms. The van der Waals surface area contributed by atoms with Crippen LogP contribution in [0.2, 0.25) is 0 Å². The molecule has 5 heteroatoms. The molecule has 0 aromatic heterocycles. The maximum atomic E-state index is 8.47. The van der Waals surface area contributed by atoms with Crippen LogP contribution in [0, 0.1) is 15.9 Å². The number of nitrogens with zero attached hydrogens (tertiary/aromatic N) is 1. The highest BCUT2D eigenvalue weighted by atomic mass is 16.8. The van der Waals surface area contributed by atoms with Gasteiger partial charge in [0, 0.05) is 12.0 Å². The normalized spacial score (nSPS) is 11.4. The summed E-state index contributed by atoms with van der Waals surface area (Å²) < 4.78 is 0. The average Bonchev–Trinajstić information content (AvgIpc) is 2.72. The lowest BCUT2D eigenvalue weighted by Gasteiger charge is -2.20. The summed E-state index contributed by atoms with van der Waals surface area (Å²) in [6.45, 7) is 3.22. The third kappa shape index (κ3) is 7.21. The molecule has 0 aliphatic carbocycles. The summed E-state index contributed by atoms with van der Waals surface area (Å²) in [4.78, 5) is 0. The molecular weight excluding hydrogens is 350 g/mol. The maximum absolute atomic E-state index is 8.47. The molecule has 3 rings (SSSR count). The Hall–Kier alpha value is -3.18. The Balaban J connectivity index is 0.000000640. The molecule has 0 aliphatic rings. The molecule has 0 spiro atoms. The zero-order chi connectivity index (χ0) is 20.2. The molecule has 0 radical (unpaired) electrons. The largest absolute Gasteiger partial charge is 0.588 e. The van der Waals surface area contributed by atoms with Crippen LogP contribution >= 0.6 is 0 Å². The van der Waals surface area contributed by atoms with Gasteiger partial charge in [-0.15, -0.1) is 0 Å². The minimum absolute atomic E-state index is 0.374. The van der Waals surface area contributed by atoms with Crippen molar-refractivity contribution in [3.05, 3.63) is 118 Å². The van der Waals surface area contributed by atoms with Crippen LogP contribution < -0.4 is 5.32 Å². The van der Waals surface area contributed by atoms with Gasteiger partial charge < -0.3 is 15.7 Å². The van der Waals surface area contributed by atoms with Crippen molar-refractivity contribution >= 4 is 0 Å². The first kappa shape index (κ1) is 21.1. The van der Waals surface area contributed by atoms with Gasteiger partial charge in [-0.3, -0.25) is 0 Å². The molecule has 28 heavy (non-hydrogen) atoms.